The summed E-state index contributed by atoms with van der Waals surface area (Å²) in [5.41, 5.74) is 4.57. The number of non-ortho nitro benzene ring substituents is 1. The smallest absolute Gasteiger partial charge is 0.368 e. The number of hydrogen-bond acceptors (Lipinski definition) is 13. The maximum absolute atomic E-state index is 12.3. The number of aromatic nitrogens is 8. The highest BCUT2D eigenvalue weighted by Gasteiger charge is 2.40. The number of tetrazole rings is 2. The predicted molar refractivity (Wildman–Crippen MR) is 220 cm³/mol. The van der Waals surface area contributed by atoms with E-state index in [9.17, 15) is 19.7 Å². The third-order valence-electron chi connectivity index (χ3n) is 9.98. The summed E-state index contributed by atoms with van der Waals surface area (Å²) >= 11 is 0. The minimum Gasteiger partial charge on any atom is -0.483 e. The van der Waals surface area contributed by atoms with E-state index in [1.165, 1.54) is 37.0 Å². The standard InChI is InChI=1S/C18H29N5O5Si.C18H31N5O3Si/c1-17(2,3)29(7,8)27-12-18(4,5)28-15-10-9-13(23(25)26)11-14(15)22-16(24)21(6)19-20-22;1-17(2,3)27(7,8)25-12-18(4,5)26-15-10-9-13(19)11-14(15)23-16(24)22(6)20-21-23/h9-11H,12H2,1-8H3;9-11H,12,19H2,1-8H3. The van der Waals surface area contributed by atoms with Crippen molar-refractivity contribution in [3.8, 4) is 22.9 Å². The highest BCUT2D eigenvalue weighted by atomic mass is 28.4. The molecule has 0 spiro atoms. The van der Waals surface area contributed by atoms with Crippen LogP contribution in [-0.2, 0) is 22.9 Å². The van der Waals surface area contributed by atoms with Crippen molar-refractivity contribution in [1.29, 1.82) is 0 Å². The average molecular weight is 817 g/mol. The molecule has 2 aromatic carbocycles. The van der Waals surface area contributed by atoms with Crippen molar-refractivity contribution in [2.75, 3.05) is 18.9 Å². The van der Waals surface area contributed by atoms with Crippen LogP contribution in [0.3, 0.4) is 0 Å². The van der Waals surface area contributed by atoms with Crippen LogP contribution in [0.2, 0.25) is 36.3 Å². The van der Waals surface area contributed by atoms with Gasteiger partial charge in [0.05, 0.1) is 18.1 Å². The second-order valence-corrected chi connectivity index (χ2v) is 27.7. The normalized spacial score (nSPS) is 12.9. The van der Waals surface area contributed by atoms with Crippen molar-refractivity contribution < 1.29 is 23.2 Å². The van der Waals surface area contributed by atoms with Crippen LogP contribution in [0.4, 0.5) is 11.4 Å². The lowest BCUT2D eigenvalue weighted by Gasteiger charge is -2.39. The number of nitrogen functional groups attached to an aromatic ring is 1. The van der Waals surface area contributed by atoms with E-state index < -0.39 is 38.4 Å². The van der Waals surface area contributed by atoms with Crippen LogP contribution in [0.5, 0.6) is 11.5 Å². The molecular weight excluding hydrogens is 757 g/mol. The van der Waals surface area contributed by atoms with Gasteiger partial charge in [-0.1, -0.05) is 41.5 Å². The van der Waals surface area contributed by atoms with E-state index in [0.29, 0.717) is 30.3 Å². The first-order valence-corrected chi connectivity index (χ1v) is 24.0. The first-order valence-electron chi connectivity index (χ1n) is 18.2. The van der Waals surface area contributed by atoms with Gasteiger partial charge in [0.15, 0.2) is 16.6 Å². The van der Waals surface area contributed by atoms with Gasteiger partial charge in [0.2, 0.25) is 0 Å². The van der Waals surface area contributed by atoms with Gasteiger partial charge in [0.25, 0.3) is 5.69 Å². The van der Waals surface area contributed by atoms with Gasteiger partial charge >= 0.3 is 11.4 Å². The molecule has 0 aliphatic heterocycles. The second kappa shape index (κ2) is 16.4. The number of anilines is 1. The Balaban J connectivity index is 0.000000301. The predicted octanol–water partition coefficient (Wildman–Crippen LogP) is 5.78. The molecule has 0 radical (unpaired) electrons. The summed E-state index contributed by atoms with van der Waals surface area (Å²) in [6.07, 6.45) is 0. The molecule has 56 heavy (non-hydrogen) atoms. The lowest BCUT2D eigenvalue weighted by Crippen LogP contribution is -2.46. The molecule has 0 saturated carbocycles. The Hall–Kier alpha value is -4.67. The second-order valence-electron chi connectivity index (χ2n) is 18.1. The number of rotatable bonds is 13. The maximum atomic E-state index is 12.3. The van der Waals surface area contributed by atoms with Gasteiger partial charge in [-0.25, -0.2) is 9.59 Å². The van der Waals surface area contributed by atoms with E-state index in [-0.39, 0.29) is 32.9 Å². The Morgan fingerprint density at radius 2 is 1.04 bits per heavy atom. The molecule has 18 nitrogen and oxygen atoms in total. The van der Waals surface area contributed by atoms with E-state index in [0.717, 1.165) is 14.0 Å². The number of nitro benzene ring substituents is 1. The van der Waals surface area contributed by atoms with Crippen LogP contribution in [-0.4, -0.2) is 85.6 Å². The zero-order valence-corrected chi connectivity index (χ0v) is 37.7. The summed E-state index contributed by atoms with van der Waals surface area (Å²) in [5, 5.41) is 26.5. The van der Waals surface area contributed by atoms with Gasteiger partial charge in [-0.2, -0.15) is 18.7 Å². The van der Waals surface area contributed by atoms with E-state index in [1.54, 1.807) is 18.2 Å². The molecule has 0 aliphatic carbocycles. The summed E-state index contributed by atoms with van der Waals surface area (Å²) in [7, 11) is -0.911. The first-order chi connectivity index (χ1) is 25.4. The zero-order valence-electron chi connectivity index (χ0n) is 35.7. The Morgan fingerprint density at radius 1 is 0.661 bits per heavy atom. The lowest BCUT2D eigenvalue weighted by molar-refractivity contribution is -0.384. The highest BCUT2D eigenvalue weighted by Crippen LogP contribution is 2.39. The van der Waals surface area contributed by atoms with Crippen molar-refractivity contribution in [3.63, 3.8) is 0 Å². The molecule has 2 aromatic heterocycles. The van der Waals surface area contributed by atoms with Crippen molar-refractivity contribution in [3.05, 3.63) is 67.5 Å². The van der Waals surface area contributed by atoms with Gasteiger partial charge in [-0.05, 0) is 109 Å². The Labute approximate surface area is 330 Å². The average Bonchev–Trinajstić information content (AvgIpc) is 3.58. The molecule has 0 bridgehead atoms. The van der Waals surface area contributed by atoms with Crippen molar-refractivity contribution in [1.82, 2.24) is 39.6 Å². The summed E-state index contributed by atoms with van der Waals surface area (Å²) in [5.74, 6) is 0.776. The molecule has 4 rings (SSSR count). The number of nitrogens with zero attached hydrogens (tertiary/aromatic N) is 9. The fraction of sp³-hybridized carbons (Fsp3) is 0.611. The van der Waals surface area contributed by atoms with Gasteiger partial charge in [0.1, 0.15) is 34.1 Å². The van der Waals surface area contributed by atoms with Gasteiger partial charge in [0, 0.05) is 31.9 Å². The van der Waals surface area contributed by atoms with E-state index >= 15 is 0 Å². The van der Waals surface area contributed by atoms with Crippen molar-refractivity contribution in [2.24, 2.45) is 14.1 Å². The Morgan fingerprint density at radius 3 is 1.38 bits per heavy atom. The summed E-state index contributed by atoms with van der Waals surface area (Å²) in [6, 6.07) is 9.14. The number of aryl methyl sites for hydroxylation is 2. The van der Waals surface area contributed by atoms with Crippen LogP contribution in [0.1, 0.15) is 69.2 Å². The largest absolute Gasteiger partial charge is 0.483 e. The summed E-state index contributed by atoms with van der Waals surface area (Å²) in [6.45, 7) is 30.2. The van der Waals surface area contributed by atoms with Crippen molar-refractivity contribution >= 4 is 28.0 Å². The third-order valence-corrected chi connectivity index (χ3v) is 18.9. The molecular formula is C36H60N10O8Si2. The van der Waals surface area contributed by atoms with Crippen LogP contribution in [0, 0.1) is 10.1 Å². The molecule has 0 fully saturated rings. The number of ether oxygens (including phenoxy) is 2. The van der Waals surface area contributed by atoms with Crippen LogP contribution in [0.15, 0.2) is 46.0 Å². The molecule has 2 heterocycles. The molecule has 0 aliphatic rings. The SMILES string of the molecule is Cn1nnn(-c2cc(N)ccc2OC(C)(C)CO[Si](C)(C)C(C)(C)C)c1=O.Cn1nnn(-c2cc([N+](=O)[O-])ccc2OC(C)(C)CO[Si](C)(C)C(C)(C)C)c1=O. The number of hydrogen-bond donors (Lipinski definition) is 1. The minimum atomic E-state index is -1.99. The molecule has 0 amide bonds. The molecule has 0 atom stereocenters. The quantitative estimate of drug-likeness (QED) is 0.0735. The van der Waals surface area contributed by atoms with Gasteiger partial charge in [-0.15, -0.1) is 0 Å². The van der Waals surface area contributed by atoms with E-state index in [1.807, 2.05) is 27.7 Å². The minimum absolute atomic E-state index is 0.0501. The van der Waals surface area contributed by atoms with Crippen LogP contribution >= 0.6 is 0 Å². The summed E-state index contributed by atoms with van der Waals surface area (Å²) < 4.78 is 29.3. The highest BCUT2D eigenvalue weighted by molar-refractivity contribution is 6.74. The Bertz CT molecular complexity index is 2120. The first kappa shape index (κ1) is 45.7. The molecule has 310 valence electrons. The maximum Gasteiger partial charge on any atom is 0.368 e. The van der Waals surface area contributed by atoms with Crippen LogP contribution < -0.4 is 26.6 Å². The van der Waals surface area contributed by atoms with Crippen LogP contribution in [0.25, 0.3) is 11.4 Å². The molecule has 0 saturated heterocycles. The number of nitro groups is 1. The monoisotopic (exact) mass is 816 g/mol. The third kappa shape index (κ3) is 11.2. The van der Waals surface area contributed by atoms with Gasteiger partial charge < -0.3 is 24.1 Å². The van der Waals surface area contributed by atoms with E-state index in [4.69, 9.17) is 24.1 Å². The number of nitrogens with two attached hydrogens (primary N) is 1. The van der Waals surface area contributed by atoms with Crippen molar-refractivity contribution in [2.45, 2.75) is 117 Å². The topological polar surface area (TPSA) is 211 Å². The number of benzene rings is 2. The molecule has 2 N–H and O–H groups in total. The Kier molecular flexibility index (Phi) is 13.4. The fourth-order valence-electron chi connectivity index (χ4n) is 4.38. The molecule has 4 aromatic rings. The van der Waals surface area contributed by atoms with Gasteiger partial charge in [-0.3, -0.25) is 10.1 Å². The summed E-state index contributed by atoms with van der Waals surface area (Å²) in [4.78, 5) is 35.2. The fourth-order valence-corrected chi connectivity index (χ4v) is 6.67. The zero-order chi connectivity index (χ0) is 42.8. The lowest BCUT2D eigenvalue weighted by atomic mass is 10.1. The van der Waals surface area contributed by atoms with E-state index in [2.05, 4.69) is 88.6 Å². The molecule has 20 heteroatoms. The molecule has 0 unspecified atom stereocenters.